The van der Waals surface area contributed by atoms with E-state index in [-0.39, 0.29) is 12.0 Å². The van der Waals surface area contributed by atoms with Crippen LogP contribution in [0.2, 0.25) is 10.0 Å². The Morgan fingerprint density at radius 1 is 1.20 bits per heavy atom. The van der Waals surface area contributed by atoms with Crippen molar-refractivity contribution in [3.05, 3.63) is 10.0 Å². The van der Waals surface area contributed by atoms with Gasteiger partial charge in [-0.2, -0.15) is 0 Å². The van der Waals surface area contributed by atoms with Crippen molar-refractivity contribution in [1.82, 2.24) is 0 Å². The number of anilines is 2. The van der Waals surface area contributed by atoms with E-state index in [1.54, 1.807) is 0 Å². The van der Waals surface area contributed by atoms with E-state index in [0.717, 1.165) is 19.6 Å². The minimum absolute atomic E-state index is 0.0234. The Morgan fingerprint density at radius 3 is 2.30 bits per heavy atom. The predicted octanol–water partition coefficient (Wildman–Crippen LogP) is 4.11. The monoisotopic (exact) mass is 318 g/mol. The lowest BCUT2D eigenvalue weighted by atomic mass is 10.2. The van der Waals surface area contributed by atoms with Gasteiger partial charge in [0.15, 0.2) is 17.7 Å². The molecule has 4 nitrogen and oxygen atoms in total. The number of rotatable bonds is 4. The molecule has 1 aliphatic heterocycles. The number of hydrogen-bond donors (Lipinski definition) is 1. The summed E-state index contributed by atoms with van der Waals surface area (Å²) in [4.78, 5) is 3.95. The third-order valence-electron chi connectivity index (χ3n) is 3.70. The van der Waals surface area contributed by atoms with Crippen LogP contribution in [0.3, 0.4) is 0 Å². The maximum absolute atomic E-state index is 10.4. The third-order valence-corrected chi connectivity index (χ3v) is 4.41. The molecule has 6 heteroatoms. The first-order valence-electron chi connectivity index (χ1n) is 6.89. The standard InChI is InChI=1S/C14H20Cl2N2O2/c1-5-17(6-2)11-10(16)14-12(9(15)13(11)19)18(7-3)8(4)20-14/h8,19H,5-7H2,1-4H3/t8-/m0/s1. The number of phenolic OH excluding ortho intramolecular Hbond substituents is 1. The summed E-state index contributed by atoms with van der Waals surface area (Å²) < 4.78 is 5.83. The number of ether oxygens (including phenoxy) is 1. The van der Waals surface area contributed by atoms with Crippen molar-refractivity contribution in [2.75, 3.05) is 29.4 Å². The Morgan fingerprint density at radius 2 is 1.80 bits per heavy atom. The highest BCUT2D eigenvalue weighted by Crippen LogP contribution is 2.56. The molecular formula is C14H20Cl2N2O2. The van der Waals surface area contributed by atoms with E-state index in [1.807, 2.05) is 37.5 Å². The molecule has 0 aliphatic carbocycles. The first-order valence-corrected chi connectivity index (χ1v) is 7.65. The molecule has 0 unspecified atom stereocenters. The maximum atomic E-state index is 10.4. The molecule has 0 bridgehead atoms. The fraction of sp³-hybridized carbons (Fsp3) is 0.571. The molecule has 1 atom stereocenters. The molecule has 20 heavy (non-hydrogen) atoms. The summed E-state index contributed by atoms with van der Waals surface area (Å²) in [5, 5.41) is 11.2. The summed E-state index contributed by atoms with van der Waals surface area (Å²) in [6.45, 7) is 10.1. The van der Waals surface area contributed by atoms with Crippen molar-refractivity contribution in [1.29, 1.82) is 0 Å². The molecule has 0 saturated carbocycles. The van der Waals surface area contributed by atoms with Gasteiger partial charge in [0.1, 0.15) is 21.4 Å². The number of hydrogen-bond acceptors (Lipinski definition) is 4. The smallest absolute Gasteiger partial charge is 0.169 e. The van der Waals surface area contributed by atoms with E-state index in [0.29, 0.717) is 27.2 Å². The van der Waals surface area contributed by atoms with Gasteiger partial charge >= 0.3 is 0 Å². The van der Waals surface area contributed by atoms with Crippen LogP contribution in [0.5, 0.6) is 11.5 Å². The molecule has 2 rings (SSSR count). The van der Waals surface area contributed by atoms with Gasteiger partial charge in [0.25, 0.3) is 0 Å². The Labute approximate surface area is 129 Å². The molecule has 0 spiro atoms. The van der Waals surface area contributed by atoms with Crippen molar-refractivity contribution in [2.45, 2.75) is 33.9 Å². The maximum Gasteiger partial charge on any atom is 0.169 e. The molecule has 0 amide bonds. The summed E-state index contributed by atoms with van der Waals surface area (Å²) in [5.74, 6) is 0.584. The van der Waals surface area contributed by atoms with Gasteiger partial charge in [-0.05, 0) is 27.7 Å². The van der Waals surface area contributed by atoms with E-state index in [2.05, 4.69) is 0 Å². The first-order chi connectivity index (χ1) is 9.47. The van der Waals surface area contributed by atoms with Crippen LogP contribution in [0.15, 0.2) is 0 Å². The summed E-state index contributed by atoms with van der Waals surface area (Å²) in [7, 11) is 0. The SMILES string of the molecule is CCN(CC)c1c(O)c(Cl)c2c(c1Cl)O[C@@H](C)N2CC. The van der Waals surface area contributed by atoms with Crippen LogP contribution in [0.1, 0.15) is 27.7 Å². The van der Waals surface area contributed by atoms with E-state index in [4.69, 9.17) is 27.9 Å². The van der Waals surface area contributed by atoms with E-state index in [9.17, 15) is 5.11 Å². The zero-order chi connectivity index (χ0) is 15.0. The van der Waals surface area contributed by atoms with Crippen LogP contribution in [0.4, 0.5) is 11.4 Å². The summed E-state index contributed by atoms with van der Waals surface area (Å²) in [6, 6.07) is 0. The summed E-state index contributed by atoms with van der Waals surface area (Å²) >= 11 is 12.8. The Kier molecular flexibility index (Phi) is 4.45. The van der Waals surface area contributed by atoms with Crippen LogP contribution in [0, 0.1) is 0 Å². The van der Waals surface area contributed by atoms with Gasteiger partial charge in [0.2, 0.25) is 0 Å². The van der Waals surface area contributed by atoms with Crippen LogP contribution in [0.25, 0.3) is 0 Å². The predicted molar refractivity (Wildman–Crippen MR) is 84.8 cm³/mol. The van der Waals surface area contributed by atoms with Gasteiger partial charge in [-0.25, -0.2) is 0 Å². The van der Waals surface area contributed by atoms with Gasteiger partial charge in [0, 0.05) is 19.6 Å². The highest BCUT2D eigenvalue weighted by molar-refractivity contribution is 6.40. The van der Waals surface area contributed by atoms with E-state index < -0.39 is 0 Å². The molecule has 0 radical (unpaired) electrons. The Bertz CT molecular complexity index is 516. The van der Waals surface area contributed by atoms with Crippen molar-refractivity contribution >= 4 is 34.6 Å². The second-order valence-corrected chi connectivity index (χ2v) is 5.43. The highest BCUT2D eigenvalue weighted by atomic mass is 35.5. The topological polar surface area (TPSA) is 35.9 Å². The molecule has 0 saturated heterocycles. The average Bonchev–Trinajstić information content (AvgIpc) is 2.78. The van der Waals surface area contributed by atoms with Crippen molar-refractivity contribution in [2.24, 2.45) is 0 Å². The summed E-state index contributed by atoms with van der Waals surface area (Å²) in [5.41, 5.74) is 1.23. The number of benzene rings is 1. The first kappa shape index (κ1) is 15.4. The van der Waals surface area contributed by atoms with Crippen molar-refractivity contribution in [3.8, 4) is 11.5 Å². The van der Waals surface area contributed by atoms with Crippen molar-refractivity contribution < 1.29 is 9.84 Å². The molecule has 1 N–H and O–H groups in total. The zero-order valence-electron chi connectivity index (χ0n) is 12.2. The average molecular weight is 319 g/mol. The quantitative estimate of drug-likeness (QED) is 0.906. The number of halogens is 2. The Hall–Kier alpha value is -1.00. The fourth-order valence-corrected chi connectivity index (χ4v) is 3.28. The van der Waals surface area contributed by atoms with E-state index >= 15 is 0 Å². The van der Waals surface area contributed by atoms with Gasteiger partial charge in [-0.15, -0.1) is 0 Å². The molecule has 112 valence electrons. The van der Waals surface area contributed by atoms with Gasteiger partial charge in [-0.3, -0.25) is 0 Å². The normalized spacial score (nSPS) is 17.1. The highest BCUT2D eigenvalue weighted by Gasteiger charge is 2.35. The summed E-state index contributed by atoms with van der Waals surface area (Å²) in [6.07, 6.45) is -0.142. The molecule has 0 aromatic heterocycles. The number of nitrogens with zero attached hydrogens (tertiary/aromatic N) is 2. The number of phenols is 1. The minimum atomic E-state index is -0.142. The molecular weight excluding hydrogens is 299 g/mol. The fourth-order valence-electron chi connectivity index (χ4n) is 2.65. The van der Waals surface area contributed by atoms with Gasteiger partial charge < -0.3 is 19.6 Å². The van der Waals surface area contributed by atoms with Crippen LogP contribution < -0.4 is 14.5 Å². The number of aromatic hydroxyl groups is 1. The molecule has 1 aliphatic rings. The molecule has 1 heterocycles. The lowest BCUT2D eigenvalue weighted by molar-refractivity contribution is 0.246. The second kappa shape index (κ2) is 5.78. The van der Waals surface area contributed by atoms with Gasteiger partial charge in [-0.1, -0.05) is 23.2 Å². The molecule has 1 aromatic rings. The van der Waals surface area contributed by atoms with E-state index in [1.165, 1.54) is 0 Å². The molecule has 1 aromatic carbocycles. The molecule has 0 fully saturated rings. The van der Waals surface area contributed by atoms with Crippen molar-refractivity contribution in [3.63, 3.8) is 0 Å². The Balaban J connectivity index is 2.67. The number of fused-ring (bicyclic) bond motifs is 1. The van der Waals surface area contributed by atoms with Crippen LogP contribution >= 0.6 is 23.2 Å². The zero-order valence-corrected chi connectivity index (χ0v) is 13.7. The lowest BCUT2D eigenvalue weighted by Gasteiger charge is -2.25. The minimum Gasteiger partial charge on any atom is -0.504 e. The largest absolute Gasteiger partial charge is 0.504 e. The van der Waals surface area contributed by atoms with Crippen LogP contribution in [-0.2, 0) is 0 Å². The van der Waals surface area contributed by atoms with Crippen LogP contribution in [-0.4, -0.2) is 31.0 Å². The lowest BCUT2D eigenvalue weighted by Crippen LogP contribution is -2.31. The third kappa shape index (κ3) is 2.15. The second-order valence-electron chi connectivity index (χ2n) is 4.68. The van der Waals surface area contributed by atoms with Gasteiger partial charge in [0.05, 0.1) is 0 Å².